The SMILES string of the molecule is CCC(Oc1ccccc1C(C)C)C(=O)ON1C(=O)c2ccccc2C1=O. The van der Waals surface area contributed by atoms with Crippen LogP contribution in [0.5, 0.6) is 5.75 Å². The van der Waals surface area contributed by atoms with Crippen LogP contribution >= 0.6 is 0 Å². The molecule has 0 aromatic heterocycles. The van der Waals surface area contributed by atoms with E-state index in [1.165, 1.54) is 12.1 Å². The Morgan fingerprint density at radius 2 is 1.52 bits per heavy atom. The predicted octanol–water partition coefficient (Wildman–Crippen LogP) is 3.72. The maximum absolute atomic E-state index is 12.6. The Hall–Kier alpha value is -3.15. The number of ether oxygens (including phenoxy) is 1. The highest BCUT2D eigenvalue weighted by Gasteiger charge is 2.40. The second kappa shape index (κ2) is 7.61. The minimum Gasteiger partial charge on any atom is -0.478 e. The third-order valence-corrected chi connectivity index (χ3v) is 4.38. The molecule has 0 saturated carbocycles. The van der Waals surface area contributed by atoms with Crippen molar-refractivity contribution in [2.24, 2.45) is 0 Å². The molecule has 140 valence electrons. The zero-order chi connectivity index (χ0) is 19.6. The highest BCUT2D eigenvalue weighted by atomic mass is 16.7. The van der Waals surface area contributed by atoms with Gasteiger partial charge in [-0.25, -0.2) is 4.79 Å². The first-order valence-corrected chi connectivity index (χ1v) is 8.89. The van der Waals surface area contributed by atoms with E-state index in [4.69, 9.17) is 9.57 Å². The van der Waals surface area contributed by atoms with Gasteiger partial charge in [-0.1, -0.05) is 56.2 Å². The van der Waals surface area contributed by atoms with Crippen molar-refractivity contribution in [3.8, 4) is 5.75 Å². The van der Waals surface area contributed by atoms with Crippen LogP contribution in [0.15, 0.2) is 48.5 Å². The number of hydrogen-bond acceptors (Lipinski definition) is 5. The molecule has 6 nitrogen and oxygen atoms in total. The summed E-state index contributed by atoms with van der Waals surface area (Å²) in [5.41, 5.74) is 1.40. The molecule has 27 heavy (non-hydrogen) atoms. The monoisotopic (exact) mass is 367 g/mol. The van der Waals surface area contributed by atoms with Crippen molar-refractivity contribution in [2.45, 2.75) is 39.2 Å². The fourth-order valence-electron chi connectivity index (χ4n) is 2.92. The van der Waals surface area contributed by atoms with Crippen LogP contribution in [0.4, 0.5) is 0 Å². The Morgan fingerprint density at radius 3 is 2.07 bits per heavy atom. The number of amides is 2. The van der Waals surface area contributed by atoms with Crippen LogP contribution in [0.1, 0.15) is 59.4 Å². The summed E-state index contributed by atoms with van der Waals surface area (Å²) in [6.07, 6.45) is -0.608. The maximum Gasteiger partial charge on any atom is 0.373 e. The number of carbonyl (C=O) groups excluding carboxylic acids is 3. The summed E-state index contributed by atoms with van der Waals surface area (Å²) in [5.74, 6) is -1.29. The number of hydrogen-bond donors (Lipinski definition) is 0. The van der Waals surface area contributed by atoms with Gasteiger partial charge in [0.1, 0.15) is 5.75 Å². The molecule has 1 aliphatic heterocycles. The summed E-state index contributed by atoms with van der Waals surface area (Å²) in [7, 11) is 0. The second-order valence-electron chi connectivity index (χ2n) is 6.57. The van der Waals surface area contributed by atoms with Crippen LogP contribution in [0, 0.1) is 0 Å². The lowest BCUT2D eigenvalue weighted by molar-refractivity contribution is -0.177. The van der Waals surface area contributed by atoms with Gasteiger partial charge in [0, 0.05) is 0 Å². The van der Waals surface area contributed by atoms with Crippen molar-refractivity contribution in [3.63, 3.8) is 0 Å². The molecule has 0 aliphatic carbocycles. The van der Waals surface area contributed by atoms with Crippen molar-refractivity contribution < 1.29 is 24.0 Å². The summed E-state index contributed by atoms with van der Waals surface area (Å²) in [6, 6.07) is 13.8. The highest BCUT2D eigenvalue weighted by Crippen LogP contribution is 2.28. The van der Waals surface area contributed by atoms with E-state index >= 15 is 0 Å². The van der Waals surface area contributed by atoms with Crippen LogP contribution in [0.2, 0.25) is 0 Å². The van der Waals surface area contributed by atoms with E-state index in [0.717, 1.165) is 5.56 Å². The third-order valence-electron chi connectivity index (χ3n) is 4.38. The van der Waals surface area contributed by atoms with E-state index in [9.17, 15) is 14.4 Å². The van der Waals surface area contributed by atoms with Crippen molar-refractivity contribution >= 4 is 17.8 Å². The molecule has 1 unspecified atom stereocenters. The number of imide groups is 1. The zero-order valence-corrected chi connectivity index (χ0v) is 15.5. The van der Waals surface area contributed by atoms with Crippen LogP contribution in [0.3, 0.4) is 0 Å². The Kier molecular flexibility index (Phi) is 5.26. The maximum atomic E-state index is 12.6. The summed E-state index contributed by atoms with van der Waals surface area (Å²) in [5, 5.41) is 0.507. The molecule has 0 N–H and O–H groups in total. The summed E-state index contributed by atoms with van der Waals surface area (Å²) >= 11 is 0. The lowest BCUT2D eigenvalue weighted by atomic mass is 10.0. The molecule has 0 radical (unpaired) electrons. The van der Waals surface area contributed by atoms with Crippen molar-refractivity contribution in [1.29, 1.82) is 0 Å². The smallest absolute Gasteiger partial charge is 0.373 e. The normalized spacial score (nSPS) is 14.3. The Morgan fingerprint density at radius 1 is 0.963 bits per heavy atom. The number of benzene rings is 2. The number of carbonyl (C=O) groups is 3. The summed E-state index contributed by atoms with van der Waals surface area (Å²) < 4.78 is 5.85. The summed E-state index contributed by atoms with van der Waals surface area (Å²) in [6.45, 7) is 5.83. The van der Waals surface area contributed by atoms with Gasteiger partial charge in [0.05, 0.1) is 11.1 Å². The first-order chi connectivity index (χ1) is 12.9. The predicted molar refractivity (Wildman–Crippen MR) is 98.3 cm³/mol. The van der Waals surface area contributed by atoms with Gasteiger partial charge in [0.15, 0.2) is 6.10 Å². The molecule has 2 aromatic carbocycles. The quantitative estimate of drug-likeness (QED) is 0.728. The lowest BCUT2D eigenvalue weighted by Gasteiger charge is -2.21. The Bertz CT molecular complexity index is 855. The third kappa shape index (κ3) is 3.56. The molecule has 0 spiro atoms. The van der Waals surface area contributed by atoms with E-state index in [1.54, 1.807) is 25.1 Å². The first kappa shape index (κ1) is 18.6. The minimum absolute atomic E-state index is 0.214. The van der Waals surface area contributed by atoms with Gasteiger partial charge in [0.2, 0.25) is 0 Å². The standard InChI is InChI=1S/C21H21NO5/c1-4-17(26-18-12-8-7-9-14(18)13(2)3)21(25)27-22-19(23)15-10-5-6-11-16(15)20(22)24/h5-13,17H,4H2,1-3H3. The molecule has 0 bridgehead atoms. The molecule has 1 heterocycles. The van der Waals surface area contributed by atoms with Gasteiger partial charge >= 0.3 is 5.97 Å². The Balaban J connectivity index is 1.76. The van der Waals surface area contributed by atoms with Gasteiger partial charge in [-0.3, -0.25) is 9.59 Å². The molecule has 2 aromatic rings. The average molecular weight is 367 g/mol. The topological polar surface area (TPSA) is 72.9 Å². The fraction of sp³-hybridized carbons (Fsp3) is 0.286. The van der Waals surface area contributed by atoms with E-state index in [0.29, 0.717) is 17.2 Å². The van der Waals surface area contributed by atoms with Crippen LogP contribution in [-0.2, 0) is 9.63 Å². The molecule has 1 aliphatic rings. The summed E-state index contributed by atoms with van der Waals surface area (Å²) in [4.78, 5) is 42.4. The average Bonchev–Trinajstić information content (AvgIpc) is 2.91. The minimum atomic E-state index is -0.936. The van der Waals surface area contributed by atoms with Crippen molar-refractivity contribution in [1.82, 2.24) is 5.06 Å². The molecule has 6 heteroatoms. The number of fused-ring (bicyclic) bond motifs is 1. The van der Waals surface area contributed by atoms with Gasteiger partial charge in [-0.15, -0.1) is 0 Å². The van der Waals surface area contributed by atoms with Gasteiger partial charge in [0.25, 0.3) is 11.8 Å². The van der Waals surface area contributed by atoms with Crippen LogP contribution < -0.4 is 4.74 Å². The zero-order valence-electron chi connectivity index (χ0n) is 15.5. The molecule has 1 atom stereocenters. The fourth-order valence-corrected chi connectivity index (χ4v) is 2.92. The molecule has 3 rings (SSSR count). The second-order valence-corrected chi connectivity index (χ2v) is 6.57. The van der Waals surface area contributed by atoms with Gasteiger partial charge in [-0.05, 0) is 36.1 Å². The van der Waals surface area contributed by atoms with Crippen LogP contribution in [0.25, 0.3) is 0 Å². The van der Waals surface area contributed by atoms with Crippen LogP contribution in [-0.4, -0.2) is 29.0 Å². The number of para-hydroxylation sites is 1. The van der Waals surface area contributed by atoms with E-state index in [-0.39, 0.29) is 17.0 Å². The number of rotatable bonds is 6. The molecular weight excluding hydrogens is 346 g/mol. The Labute approximate surface area is 157 Å². The molecule has 0 saturated heterocycles. The van der Waals surface area contributed by atoms with E-state index in [2.05, 4.69) is 0 Å². The van der Waals surface area contributed by atoms with E-state index in [1.807, 2.05) is 32.0 Å². The first-order valence-electron chi connectivity index (χ1n) is 8.89. The van der Waals surface area contributed by atoms with Crippen molar-refractivity contribution in [2.75, 3.05) is 0 Å². The number of nitrogens with zero attached hydrogens (tertiary/aromatic N) is 1. The van der Waals surface area contributed by atoms with Gasteiger partial charge < -0.3 is 9.57 Å². The lowest BCUT2D eigenvalue weighted by Crippen LogP contribution is -2.38. The van der Waals surface area contributed by atoms with Gasteiger partial charge in [-0.2, -0.15) is 0 Å². The van der Waals surface area contributed by atoms with Crippen molar-refractivity contribution in [3.05, 3.63) is 65.2 Å². The van der Waals surface area contributed by atoms with E-state index < -0.39 is 23.9 Å². The molecular formula is C21H21NO5. The highest BCUT2D eigenvalue weighted by molar-refractivity contribution is 6.20. The molecule has 0 fully saturated rings. The number of hydroxylamine groups is 2. The molecule has 2 amide bonds. The largest absolute Gasteiger partial charge is 0.478 e.